The number of para-hydroxylation sites is 1. The average Bonchev–Trinajstić information content (AvgIpc) is 2.66. The van der Waals surface area contributed by atoms with Gasteiger partial charge in [0.25, 0.3) is 0 Å². The van der Waals surface area contributed by atoms with Crippen LogP contribution in [0.1, 0.15) is 19.8 Å². The van der Waals surface area contributed by atoms with E-state index >= 15 is 0 Å². The van der Waals surface area contributed by atoms with E-state index in [9.17, 15) is 4.79 Å². The number of fused-ring (bicyclic) bond motifs is 1. The number of hydrogen-bond donors (Lipinski definition) is 0. The van der Waals surface area contributed by atoms with Crippen LogP contribution in [0.2, 0.25) is 0 Å². The lowest BCUT2D eigenvalue weighted by atomic mass is 10.2. The van der Waals surface area contributed by atoms with Gasteiger partial charge in [-0.1, -0.05) is 42.5 Å². The van der Waals surface area contributed by atoms with E-state index in [1.165, 1.54) is 0 Å². The number of carbonyl (C=O) groups is 1. The van der Waals surface area contributed by atoms with Crippen molar-refractivity contribution in [3.8, 4) is 17.3 Å². The number of hydrogen-bond acceptors (Lipinski definition) is 5. The molecule has 25 heavy (non-hydrogen) atoms. The first-order valence-electron chi connectivity index (χ1n) is 8.38. The van der Waals surface area contributed by atoms with E-state index in [-0.39, 0.29) is 5.97 Å². The third-order valence-electron chi connectivity index (χ3n) is 3.67. The molecule has 0 N–H and O–H groups in total. The quantitative estimate of drug-likeness (QED) is 0.482. The summed E-state index contributed by atoms with van der Waals surface area (Å²) in [6.45, 7) is 2.59. The summed E-state index contributed by atoms with van der Waals surface area (Å²) in [6.07, 6.45) is 0.917. The first-order chi connectivity index (χ1) is 12.3. The van der Waals surface area contributed by atoms with Crippen molar-refractivity contribution in [2.75, 3.05) is 13.2 Å². The largest absolute Gasteiger partial charge is 0.477 e. The molecule has 0 aliphatic rings. The molecule has 0 radical (unpaired) electrons. The maximum absolute atomic E-state index is 11.4. The highest BCUT2D eigenvalue weighted by Gasteiger charge is 2.10. The summed E-state index contributed by atoms with van der Waals surface area (Å²) >= 11 is 0. The van der Waals surface area contributed by atoms with Gasteiger partial charge in [0, 0.05) is 12.0 Å². The minimum Gasteiger partial charge on any atom is -0.477 e. The number of rotatable bonds is 7. The van der Waals surface area contributed by atoms with Crippen molar-refractivity contribution in [3.63, 3.8) is 0 Å². The van der Waals surface area contributed by atoms with Crippen LogP contribution in [-0.2, 0) is 9.53 Å². The van der Waals surface area contributed by atoms with E-state index in [0.717, 1.165) is 16.5 Å². The first kappa shape index (κ1) is 16.9. The third kappa shape index (κ3) is 4.32. The lowest BCUT2D eigenvalue weighted by molar-refractivity contribution is -0.143. The lowest BCUT2D eigenvalue weighted by Crippen LogP contribution is -2.07. The Morgan fingerprint density at radius 1 is 1.00 bits per heavy atom. The van der Waals surface area contributed by atoms with Gasteiger partial charge in [0.15, 0.2) is 5.82 Å². The second kappa shape index (κ2) is 8.24. The highest BCUT2D eigenvalue weighted by molar-refractivity contribution is 5.85. The average molecular weight is 336 g/mol. The van der Waals surface area contributed by atoms with E-state index < -0.39 is 0 Å². The van der Waals surface area contributed by atoms with Crippen molar-refractivity contribution in [2.45, 2.75) is 19.8 Å². The van der Waals surface area contributed by atoms with Crippen LogP contribution >= 0.6 is 0 Å². The maximum Gasteiger partial charge on any atom is 0.305 e. The Morgan fingerprint density at radius 3 is 2.56 bits per heavy atom. The fourth-order valence-corrected chi connectivity index (χ4v) is 2.49. The molecule has 128 valence electrons. The molecule has 3 rings (SSSR count). The second-order valence-electron chi connectivity index (χ2n) is 5.49. The van der Waals surface area contributed by atoms with Gasteiger partial charge in [0.05, 0.1) is 24.1 Å². The van der Waals surface area contributed by atoms with E-state index in [2.05, 4.69) is 9.97 Å². The molecule has 3 aromatic rings. The number of aromatic nitrogens is 2. The molecule has 1 aromatic heterocycles. The highest BCUT2D eigenvalue weighted by Crippen LogP contribution is 2.26. The van der Waals surface area contributed by atoms with Gasteiger partial charge >= 0.3 is 5.97 Å². The lowest BCUT2D eigenvalue weighted by Gasteiger charge is -2.10. The van der Waals surface area contributed by atoms with Crippen LogP contribution in [0, 0.1) is 0 Å². The Kier molecular flexibility index (Phi) is 5.57. The maximum atomic E-state index is 11.4. The van der Waals surface area contributed by atoms with Crippen LogP contribution in [-0.4, -0.2) is 29.2 Å². The minimum atomic E-state index is -0.205. The molecule has 0 saturated heterocycles. The molecule has 0 atom stereocenters. The van der Waals surface area contributed by atoms with Gasteiger partial charge in [-0.3, -0.25) is 4.79 Å². The van der Waals surface area contributed by atoms with E-state index in [1.54, 1.807) is 6.92 Å². The molecule has 0 spiro atoms. The van der Waals surface area contributed by atoms with Crippen LogP contribution in [0.25, 0.3) is 22.3 Å². The van der Waals surface area contributed by atoms with Crippen molar-refractivity contribution in [1.29, 1.82) is 0 Å². The molecule has 0 aliphatic heterocycles. The van der Waals surface area contributed by atoms with Gasteiger partial charge in [-0.2, -0.15) is 4.98 Å². The summed E-state index contributed by atoms with van der Waals surface area (Å²) in [7, 11) is 0. The predicted molar refractivity (Wildman–Crippen MR) is 96.3 cm³/mol. The van der Waals surface area contributed by atoms with E-state index in [1.807, 2.05) is 54.6 Å². The number of benzene rings is 2. The predicted octanol–water partition coefficient (Wildman–Crippen LogP) is 4.02. The van der Waals surface area contributed by atoms with Crippen molar-refractivity contribution < 1.29 is 14.3 Å². The smallest absolute Gasteiger partial charge is 0.305 e. The summed E-state index contributed by atoms with van der Waals surface area (Å²) in [5.41, 5.74) is 1.77. The molecule has 2 aromatic carbocycles. The molecule has 0 unspecified atom stereocenters. The van der Waals surface area contributed by atoms with Crippen molar-refractivity contribution in [1.82, 2.24) is 9.97 Å². The van der Waals surface area contributed by atoms with Gasteiger partial charge < -0.3 is 9.47 Å². The zero-order chi connectivity index (χ0) is 17.5. The van der Waals surface area contributed by atoms with Crippen LogP contribution < -0.4 is 4.74 Å². The Labute approximate surface area is 146 Å². The molecular weight excluding hydrogens is 316 g/mol. The van der Waals surface area contributed by atoms with Gasteiger partial charge in [-0.05, 0) is 25.5 Å². The molecule has 1 heterocycles. The molecule has 0 saturated carbocycles. The standard InChI is InChI=1S/C20H20N2O3/c1-2-24-18(23)13-8-14-25-20-16-11-6-7-12-17(16)21-19(22-20)15-9-4-3-5-10-15/h3-7,9-12H,2,8,13-14H2,1H3. The number of ether oxygens (including phenoxy) is 2. The molecule has 5 nitrogen and oxygen atoms in total. The summed E-state index contributed by atoms with van der Waals surface area (Å²) in [6, 6.07) is 17.5. The third-order valence-corrected chi connectivity index (χ3v) is 3.67. The topological polar surface area (TPSA) is 61.3 Å². The van der Waals surface area contributed by atoms with Crippen molar-refractivity contribution >= 4 is 16.9 Å². The molecule has 0 fully saturated rings. The van der Waals surface area contributed by atoms with Gasteiger partial charge in [-0.25, -0.2) is 4.98 Å². The molecule has 5 heteroatoms. The Morgan fingerprint density at radius 2 is 1.76 bits per heavy atom. The summed E-state index contributed by atoms with van der Waals surface area (Å²) in [5, 5.41) is 0.860. The van der Waals surface area contributed by atoms with Crippen LogP contribution in [0.15, 0.2) is 54.6 Å². The number of esters is 1. The van der Waals surface area contributed by atoms with Crippen LogP contribution in [0.4, 0.5) is 0 Å². The van der Waals surface area contributed by atoms with Gasteiger partial charge in [-0.15, -0.1) is 0 Å². The zero-order valence-corrected chi connectivity index (χ0v) is 14.1. The SMILES string of the molecule is CCOC(=O)CCCOc1nc(-c2ccccc2)nc2ccccc12. The van der Waals surface area contributed by atoms with Gasteiger partial charge in [0.2, 0.25) is 5.88 Å². The zero-order valence-electron chi connectivity index (χ0n) is 14.1. The first-order valence-corrected chi connectivity index (χ1v) is 8.38. The highest BCUT2D eigenvalue weighted by atomic mass is 16.5. The molecule has 0 amide bonds. The molecule has 0 aliphatic carbocycles. The van der Waals surface area contributed by atoms with E-state index in [4.69, 9.17) is 9.47 Å². The number of nitrogens with zero attached hydrogens (tertiary/aromatic N) is 2. The van der Waals surface area contributed by atoms with Crippen molar-refractivity contribution in [2.24, 2.45) is 0 Å². The summed E-state index contributed by atoms with van der Waals surface area (Å²) in [4.78, 5) is 20.6. The van der Waals surface area contributed by atoms with Crippen LogP contribution in [0.3, 0.4) is 0 Å². The van der Waals surface area contributed by atoms with Crippen LogP contribution in [0.5, 0.6) is 5.88 Å². The van der Waals surface area contributed by atoms with Gasteiger partial charge in [0.1, 0.15) is 0 Å². The summed E-state index contributed by atoms with van der Waals surface area (Å²) in [5.74, 6) is 0.955. The van der Waals surface area contributed by atoms with Crippen molar-refractivity contribution in [3.05, 3.63) is 54.6 Å². The Balaban J connectivity index is 1.80. The minimum absolute atomic E-state index is 0.205. The monoisotopic (exact) mass is 336 g/mol. The molecular formula is C20H20N2O3. The summed E-state index contributed by atoms with van der Waals surface area (Å²) < 4.78 is 10.8. The molecule has 0 bridgehead atoms. The fourth-order valence-electron chi connectivity index (χ4n) is 2.49. The Hall–Kier alpha value is -2.95. The number of carbonyl (C=O) groups excluding carboxylic acids is 1. The normalized spacial score (nSPS) is 10.6. The van der Waals surface area contributed by atoms with E-state index in [0.29, 0.717) is 37.8 Å². The fraction of sp³-hybridized carbons (Fsp3) is 0.250. The Bertz CT molecular complexity index is 850. The second-order valence-corrected chi connectivity index (χ2v) is 5.49.